The summed E-state index contributed by atoms with van der Waals surface area (Å²) in [7, 11) is 0. The van der Waals surface area contributed by atoms with Gasteiger partial charge in [-0.3, -0.25) is 4.79 Å². The van der Waals surface area contributed by atoms with Gasteiger partial charge in [0.2, 0.25) is 0 Å². The number of hydrogen-bond acceptors (Lipinski definition) is 1. The van der Waals surface area contributed by atoms with Crippen molar-refractivity contribution < 1.29 is 4.79 Å². The third-order valence-electron chi connectivity index (χ3n) is 4.69. The first-order valence-corrected chi connectivity index (χ1v) is 9.07. The van der Waals surface area contributed by atoms with E-state index in [0.717, 1.165) is 28.6 Å². The Hall–Kier alpha value is -0.830. The van der Waals surface area contributed by atoms with E-state index in [0.29, 0.717) is 11.8 Å². The summed E-state index contributed by atoms with van der Waals surface area (Å²) in [5.74, 6) is 1.41. The van der Waals surface area contributed by atoms with Gasteiger partial charge < -0.3 is 5.32 Å². The minimum Gasteiger partial charge on any atom is -0.352 e. The Labute approximate surface area is 136 Å². The van der Waals surface area contributed by atoms with Crippen LogP contribution in [0.1, 0.15) is 52.7 Å². The lowest BCUT2D eigenvalue weighted by Gasteiger charge is -2.30. The molecule has 1 amide bonds. The zero-order chi connectivity index (χ0) is 15.4. The van der Waals surface area contributed by atoms with Gasteiger partial charge in [0, 0.05) is 17.4 Å². The van der Waals surface area contributed by atoms with Crippen LogP contribution in [0, 0.1) is 32.6 Å². The second-order valence-electron chi connectivity index (χ2n) is 6.44. The molecule has 2 nitrogen and oxygen atoms in total. The van der Waals surface area contributed by atoms with E-state index in [-0.39, 0.29) is 5.91 Å². The lowest BCUT2D eigenvalue weighted by molar-refractivity contribution is 0.0936. The van der Waals surface area contributed by atoms with Crippen molar-refractivity contribution in [2.75, 3.05) is 11.9 Å². The van der Waals surface area contributed by atoms with Crippen LogP contribution in [0.4, 0.5) is 0 Å². The zero-order valence-corrected chi connectivity index (χ0v) is 14.9. The van der Waals surface area contributed by atoms with E-state index >= 15 is 0 Å². The van der Waals surface area contributed by atoms with Crippen molar-refractivity contribution in [3.8, 4) is 0 Å². The van der Waals surface area contributed by atoms with Crippen LogP contribution in [0.3, 0.4) is 0 Å². The Morgan fingerprint density at radius 1 is 1.14 bits per heavy atom. The molecule has 1 saturated carbocycles. The fourth-order valence-electron chi connectivity index (χ4n) is 3.61. The molecule has 2 unspecified atom stereocenters. The van der Waals surface area contributed by atoms with Crippen molar-refractivity contribution in [1.82, 2.24) is 5.32 Å². The number of amides is 1. The smallest absolute Gasteiger partial charge is 0.251 e. The summed E-state index contributed by atoms with van der Waals surface area (Å²) in [4.78, 5) is 12.5. The molecule has 1 aromatic rings. The Balaban J connectivity index is 2.02. The summed E-state index contributed by atoms with van der Waals surface area (Å²) in [5.41, 5.74) is 4.22. The molecule has 0 aliphatic heterocycles. The van der Waals surface area contributed by atoms with Crippen LogP contribution in [0.15, 0.2) is 12.1 Å². The molecule has 1 fully saturated rings. The second-order valence-corrected chi connectivity index (χ2v) is 7.09. The van der Waals surface area contributed by atoms with E-state index in [4.69, 9.17) is 0 Å². The number of nitrogens with one attached hydrogen (secondary N) is 1. The van der Waals surface area contributed by atoms with Crippen LogP contribution in [-0.4, -0.2) is 17.8 Å². The van der Waals surface area contributed by atoms with E-state index in [1.807, 2.05) is 13.8 Å². The van der Waals surface area contributed by atoms with E-state index in [9.17, 15) is 4.79 Å². The predicted molar refractivity (Wildman–Crippen MR) is 92.2 cm³/mol. The number of carbonyl (C=O) groups excluding carboxylic acids is 1. The Bertz CT molecular complexity index is 489. The predicted octanol–water partition coefficient (Wildman–Crippen LogP) is 4.54. The first kappa shape index (κ1) is 16.5. The van der Waals surface area contributed by atoms with Gasteiger partial charge in [0.15, 0.2) is 0 Å². The Morgan fingerprint density at radius 2 is 1.71 bits per heavy atom. The van der Waals surface area contributed by atoms with Crippen LogP contribution in [-0.2, 0) is 0 Å². The van der Waals surface area contributed by atoms with Crippen molar-refractivity contribution >= 4 is 21.8 Å². The summed E-state index contributed by atoms with van der Waals surface area (Å²) in [6.45, 7) is 6.93. The molecule has 0 spiro atoms. The molecular formula is C18H26BrNO. The molecule has 0 bridgehead atoms. The molecule has 2 rings (SSSR count). The third-order valence-corrected chi connectivity index (χ3v) is 5.53. The fourth-order valence-corrected chi connectivity index (χ4v) is 4.46. The average Bonchev–Trinajstić information content (AvgIpc) is 2.44. The van der Waals surface area contributed by atoms with E-state index in [1.54, 1.807) is 0 Å². The summed E-state index contributed by atoms with van der Waals surface area (Å²) in [6, 6.07) is 4.17. The molecule has 116 valence electrons. The molecule has 1 aliphatic rings. The number of carbonyl (C=O) groups is 1. The zero-order valence-electron chi connectivity index (χ0n) is 13.3. The highest BCUT2D eigenvalue weighted by Crippen LogP contribution is 2.31. The summed E-state index contributed by atoms with van der Waals surface area (Å²) < 4.78 is 0. The first-order valence-electron chi connectivity index (χ1n) is 7.95. The van der Waals surface area contributed by atoms with Crippen LogP contribution in [0.25, 0.3) is 0 Å². The molecule has 1 aromatic carbocycles. The Kier molecular flexibility index (Phi) is 5.86. The molecule has 0 saturated heterocycles. The van der Waals surface area contributed by atoms with Crippen LogP contribution < -0.4 is 5.32 Å². The SMILES string of the molecule is Cc1cc(C)c(C(=O)NCC2CCCCC2CBr)c(C)c1. The number of alkyl halides is 1. The Morgan fingerprint density at radius 3 is 2.29 bits per heavy atom. The van der Waals surface area contributed by atoms with Gasteiger partial charge in [0.25, 0.3) is 5.91 Å². The average molecular weight is 352 g/mol. The summed E-state index contributed by atoms with van der Waals surface area (Å²) in [6.07, 6.45) is 5.15. The van der Waals surface area contributed by atoms with Crippen molar-refractivity contribution in [3.05, 3.63) is 34.4 Å². The molecule has 0 radical (unpaired) electrons. The minimum atomic E-state index is 0.0869. The maximum absolute atomic E-state index is 12.5. The van der Waals surface area contributed by atoms with Gasteiger partial charge >= 0.3 is 0 Å². The highest BCUT2D eigenvalue weighted by atomic mass is 79.9. The number of aryl methyl sites for hydroxylation is 3. The van der Waals surface area contributed by atoms with Gasteiger partial charge in [0.05, 0.1) is 0 Å². The monoisotopic (exact) mass is 351 g/mol. The molecule has 2 atom stereocenters. The normalized spacial score (nSPS) is 22.1. The van der Waals surface area contributed by atoms with Gasteiger partial charge in [-0.1, -0.05) is 46.5 Å². The van der Waals surface area contributed by atoms with Crippen molar-refractivity contribution in [2.24, 2.45) is 11.8 Å². The highest BCUT2D eigenvalue weighted by Gasteiger charge is 2.25. The van der Waals surface area contributed by atoms with Gasteiger partial charge in [-0.15, -0.1) is 0 Å². The quantitative estimate of drug-likeness (QED) is 0.792. The second kappa shape index (κ2) is 7.44. The standard InChI is InChI=1S/C18H26BrNO/c1-12-8-13(2)17(14(3)9-12)18(21)20-11-16-7-5-4-6-15(16)10-19/h8-9,15-16H,4-7,10-11H2,1-3H3,(H,20,21). The molecule has 21 heavy (non-hydrogen) atoms. The summed E-state index contributed by atoms with van der Waals surface area (Å²) >= 11 is 3.62. The lowest BCUT2D eigenvalue weighted by atomic mass is 9.80. The van der Waals surface area contributed by atoms with E-state index < -0.39 is 0 Å². The van der Waals surface area contributed by atoms with Crippen molar-refractivity contribution in [2.45, 2.75) is 46.5 Å². The molecule has 3 heteroatoms. The molecule has 0 heterocycles. The summed E-state index contributed by atoms with van der Waals surface area (Å²) in [5, 5.41) is 4.23. The largest absolute Gasteiger partial charge is 0.352 e. The number of halogens is 1. The molecule has 1 aliphatic carbocycles. The molecule has 0 aromatic heterocycles. The third kappa shape index (κ3) is 4.09. The van der Waals surface area contributed by atoms with Crippen LogP contribution in [0.2, 0.25) is 0 Å². The van der Waals surface area contributed by atoms with Crippen LogP contribution >= 0.6 is 15.9 Å². The fraction of sp³-hybridized carbons (Fsp3) is 0.611. The maximum Gasteiger partial charge on any atom is 0.251 e. The van der Waals surface area contributed by atoms with Crippen molar-refractivity contribution in [1.29, 1.82) is 0 Å². The van der Waals surface area contributed by atoms with Crippen LogP contribution in [0.5, 0.6) is 0 Å². The van der Waals surface area contributed by atoms with Gasteiger partial charge in [-0.25, -0.2) is 0 Å². The number of benzene rings is 1. The highest BCUT2D eigenvalue weighted by molar-refractivity contribution is 9.09. The first-order chi connectivity index (χ1) is 10.0. The molecular weight excluding hydrogens is 326 g/mol. The topological polar surface area (TPSA) is 29.1 Å². The van der Waals surface area contributed by atoms with E-state index in [2.05, 4.69) is 40.3 Å². The van der Waals surface area contributed by atoms with Crippen molar-refractivity contribution in [3.63, 3.8) is 0 Å². The molecule has 1 N–H and O–H groups in total. The number of hydrogen-bond donors (Lipinski definition) is 1. The maximum atomic E-state index is 12.5. The lowest BCUT2D eigenvalue weighted by Crippen LogP contribution is -2.35. The number of rotatable bonds is 4. The van der Waals surface area contributed by atoms with E-state index in [1.165, 1.54) is 31.2 Å². The van der Waals surface area contributed by atoms with Gasteiger partial charge in [-0.05, 0) is 56.6 Å². The van der Waals surface area contributed by atoms with Gasteiger partial charge in [-0.2, -0.15) is 0 Å². The minimum absolute atomic E-state index is 0.0869. The van der Waals surface area contributed by atoms with Gasteiger partial charge in [0.1, 0.15) is 0 Å².